The molecule has 0 aliphatic heterocycles. The third-order valence-electron chi connectivity index (χ3n) is 3.49. The summed E-state index contributed by atoms with van der Waals surface area (Å²) in [6.45, 7) is 11.9. The number of nitrogens with zero attached hydrogens (tertiary/aromatic N) is 2. The van der Waals surface area contributed by atoms with E-state index in [2.05, 4.69) is 27.8 Å². The zero-order valence-electron chi connectivity index (χ0n) is 15.2. The average Bonchev–Trinajstić information content (AvgIpc) is 2.54. The number of hydrogen-bond acceptors (Lipinski definition) is 7. The van der Waals surface area contributed by atoms with E-state index in [1.54, 1.807) is 11.9 Å². The molecule has 0 aromatic rings. The van der Waals surface area contributed by atoms with Gasteiger partial charge in [-0.25, -0.2) is 0 Å². The smallest absolute Gasteiger partial charge is 0.307 e. The Hall–Kier alpha value is -0.790. The van der Waals surface area contributed by atoms with Gasteiger partial charge in [0.1, 0.15) is 6.61 Å². The predicted octanol–water partition coefficient (Wildman–Crippen LogP) is 2.18. The van der Waals surface area contributed by atoms with Crippen molar-refractivity contribution in [1.82, 2.24) is 9.21 Å². The quantitative estimate of drug-likeness (QED) is 0.287. The minimum atomic E-state index is -0.230. The minimum absolute atomic E-state index is 0.186. The molecule has 0 aliphatic rings. The van der Waals surface area contributed by atoms with Crippen molar-refractivity contribution in [3.8, 4) is 0 Å². The number of hydrogen-bond donors (Lipinski definition) is 0. The first-order valence-electron chi connectivity index (χ1n) is 8.28. The van der Waals surface area contributed by atoms with Gasteiger partial charge in [0.25, 0.3) is 0 Å². The van der Waals surface area contributed by atoms with E-state index in [4.69, 9.17) is 4.74 Å². The molecular weight excluding hydrogens is 316 g/mol. The zero-order valence-corrected chi connectivity index (χ0v) is 16.0. The summed E-state index contributed by atoms with van der Waals surface area (Å²) in [7, 11) is 1.38. The second-order valence-electron chi connectivity index (χ2n) is 5.37. The first-order chi connectivity index (χ1) is 10.9. The van der Waals surface area contributed by atoms with Gasteiger partial charge in [-0.2, -0.15) is 0 Å². The predicted molar refractivity (Wildman–Crippen MR) is 94.3 cm³/mol. The lowest BCUT2D eigenvalue weighted by Gasteiger charge is -2.25. The molecule has 6 nitrogen and oxygen atoms in total. The highest BCUT2D eigenvalue weighted by atomic mass is 32.2. The monoisotopic (exact) mass is 348 g/mol. The fraction of sp³-hybridized carbons (Fsp3) is 0.875. The van der Waals surface area contributed by atoms with Crippen molar-refractivity contribution in [3.05, 3.63) is 0 Å². The van der Waals surface area contributed by atoms with Crippen LogP contribution in [0.25, 0.3) is 0 Å². The highest BCUT2D eigenvalue weighted by Gasteiger charge is 2.14. The lowest BCUT2D eigenvalue weighted by molar-refractivity contribution is -0.143. The summed E-state index contributed by atoms with van der Waals surface area (Å²) in [6.07, 6.45) is 0.680. The second-order valence-corrected chi connectivity index (χ2v) is 6.56. The van der Waals surface area contributed by atoms with Crippen LogP contribution in [0.1, 0.15) is 40.5 Å². The standard InChI is InChI=1S/C16H32N2O4S/c1-6-18(7-2)23-13-12-22-16(20)9-11-17(14(3)4)10-8-15(19)21-5/h14H,6-13H2,1-5H3. The van der Waals surface area contributed by atoms with Crippen molar-refractivity contribution in [1.29, 1.82) is 0 Å². The van der Waals surface area contributed by atoms with Crippen molar-refractivity contribution in [2.24, 2.45) is 0 Å². The second kappa shape index (κ2) is 13.6. The van der Waals surface area contributed by atoms with Gasteiger partial charge in [-0.3, -0.25) is 18.8 Å². The van der Waals surface area contributed by atoms with Gasteiger partial charge in [-0.15, -0.1) is 0 Å². The Morgan fingerprint density at radius 3 is 2.09 bits per heavy atom. The molecule has 0 N–H and O–H groups in total. The molecule has 0 unspecified atom stereocenters. The average molecular weight is 349 g/mol. The molecule has 0 aromatic heterocycles. The molecule has 0 saturated carbocycles. The Bertz CT molecular complexity index is 336. The lowest BCUT2D eigenvalue weighted by atomic mass is 10.2. The van der Waals surface area contributed by atoms with Crippen LogP contribution in [0, 0.1) is 0 Å². The molecular formula is C16H32N2O4S. The molecule has 0 radical (unpaired) electrons. The van der Waals surface area contributed by atoms with E-state index in [9.17, 15) is 9.59 Å². The van der Waals surface area contributed by atoms with Crippen LogP contribution in [0.4, 0.5) is 0 Å². The van der Waals surface area contributed by atoms with Crippen molar-refractivity contribution in [2.75, 3.05) is 45.6 Å². The number of carbonyl (C=O) groups excluding carboxylic acids is 2. The molecule has 0 rings (SSSR count). The highest BCUT2D eigenvalue weighted by molar-refractivity contribution is 7.97. The van der Waals surface area contributed by atoms with Crippen LogP contribution in [0.15, 0.2) is 0 Å². The Labute approximate surface area is 145 Å². The summed E-state index contributed by atoms with van der Waals surface area (Å²) in [5.41, 5.74) is 0. The maximum absolute atomic E-state index is 11.8. The summed E-state index contributed by atoms with van der Waals surface area (Å²) in [5, 5.41) is 0. The number of esters is 2. The zero-order chi connectivity index (χ0) is 17.7. The highest BCUT2D eigenvalue weighted by Crippen LogP contribution is 2.08. The normalized spacial score (nSPS) is 11.3. The third-order valence-corrected chi connectivity index (χ3v) is 4.72. The van der Waals surface area contributed by atoms with E-state index in [-0.39, 0.29) is 18.0 Å². The van der Waals surface area contributed by atoms with Crippen LogP contribution in [0.5, 0.6) is 0 Å². The number of carbonyl (C=O) groups is 2. The molecule has 0 bridgehead atoms. The van der Waals surface area contributed by atoms with Gasteiger partial charge in [0, 0.05) is 38.0 Å². The van der Waals surface area contributed by atoms with E-state index in [0.29, 0.717) is 32.5 Å². The Morgan fingerprint density at radius 1 is 1.04 bits per heavy atom. The third kappa shape index (κ3) is 11.4. The van der Waals surface area contributed by atoms with Gasteiger partial charge in [0.2, 0.25) is 0 Å². The van der Waals surface area contributed by atoms with Crippen molar-refractivity contribution in [2.45, 2.75) is 46.6 Å². The first kappa shape index (κ1) is 22.2. The fourth-order valence-electron chi connectivity index (χ4n) is 2.00. The van der Waals surface area contributed by atoms with Crippen LogP contribution in [-0.4, -0.2) is 72.8 Å². The van der Waals surface area contributed by atoms with Crippen LogP contribution < -0.4 is 0 Å². The van der Waals surface area contributed by atoms with Gasteiger partial charge in [0.15, 0.2) is 0 Å². The summed E-state index contributed by atoms with van der Waals surface area (Å²) >= 11 is 1.70. The molecule has 0 saturated heterocycles. The molecule has 0 amide bonds. The Morgan fingerprint density at radius 2 is 1.61 bits per heavy atom. The van der Waals surface area contributed by atoms with Crippen molar-refractivity contribution >= 4 is 23.9 Å². The topological polar surface area (TPSA) is 59.1 Å². The molecule has 0 aliphatic carbocycles. The lowest BCUT2D eigenvalue weighted by Crippen LogP contribution is -2.35. The van der Waals surface area contributed by atoms with E-state index in [1.807, 2.05) is 13.8 Å². The van der Waals surface area contributed by atoms with Crippen LogP contribution >= 0.6 is 11.9 Å². The maximum Gasteiger partial charge on any atom is 0.307 e. The SMILES string of the molecule is CCN(CC)SCCOC(=O)CCN(CCC(=O)OC)C(C)C. The molecule has 0 atom stereocenters. The molecule has 0 heterocycles. The van der Waals surface area contributed by atoms with Crippen LogP contribution in [0.2, 0.25) is 0 Å². The van der Waals surface area contributed by atoms with Gasteiger partial charge in [0.05, 0.1) is 20.0 Å². The summed E-state index contributed by atoms with van der Waals surface area (Å²) < 4.78 is 12.1. The van der Waals surface area contributed by atoms with Crippen LogP contribution in [0.3, 0.4) is 0 Å². The van der Waals surface area contributed by atoms with Gasteiger partial charge in [-0.05, 0) is 13.8 Å². The minimum Gasteiger partial charge on any atom is -0.469 e. The first-order valence-corrected chi connectivity index (χ1v) is 9.23. The summed E-state index contributed by atoms with van der Waals surface area (Å²) in [6, 6.07) is 0.269. The van der Waals surface area contributed by atoms with Gasteiger partial charge < -0.3 is 9.47 Å². The molecule has 0 fully saturated rings. The number of ether oxygens (including phenoxy) is 2. The molecule has 0 aromatic carbocycles. The maximum atomic E-state index is 11.8. The van der Waals surface area contributed by atoms with Crippen molar-refractivity contribution in [3.63, 3.8) is 0 Å². The van der Waals surface area contributed by atoms with E-state index in [1.165, 1.54) is 7.11 Å². The number of rotatable bonds is 13. The van der Waals surface area contributed by atoms with E-state index in [0.717, 1.165) is 18.8 Å². The molecule has 23 heavy (non-hydrogen) atoms. The largest absolute Gasteiger partial charge is 0.469 e. The summed E-state index contributed by atoms with van der Waals surface area (Å²) in [5.74, 6) is 0.365. The fourth-order valence-corrected chi connectivity index (χ4v) is 2.78. The van der Waals surface area contributed by atoms with E-state index >= 15 is 0 Å². The van der Waals surface area contributed by atoms with Crippen molar-refractivity contribution < 1.29 is 19.1 Å². The summed E-state index contributed by atoms with van der Waals surface area (Å²) in [4.78, 5) is 25.1. The van der Waals surface area contributed by atoms with Gasteiger partial charge >= 0.3 is 11.9 Å². The molecule has 7 heteroatoms. The van der Waals surface area contributed by atoms with Gasteiger partial charge in [-0.1, -0.05) is 25.8 Å². The Balaban J connectivity index is 3.92. The van der Waals surface area contributed by atoms with E-state index < -0.39 is 0 Å². The molecule has 0 spiro atoms. The van der Waals surface area contributed by atoms with Crippen LogP contribution in [-0.2, 0) is 19.1 Å². The number of methoxy groups -OCH3 is 1. The molecule has 136 valence electrons. The Kier molecular flexibility index (Phi) is 13.2.